The van der Waals surface area contributed by atoms with Crippen LogP contribution in [0.4, 0.5) is 0 Å². The van der Waals surface area contributed by atoms with Crippen molar-refractivity contribution < 1.29 is 0 Å². The Balaban J connectivity index is 2.34. The molecule has 13 heavy (non-hydrogen) atoms. The Kier molecular flexibility index (Phi) is 4.36. The molecule has 0 radical (unpaired) electrons. The standard InChI is InChI=1S/C9H16N4/c1-2-9(7-11-12-10)8-13-5-3-4-6-13/h2H,3-8H2,1H3/b9-2+. The summed E-state index contributed by atoms with van der Waals surface area (Å²) < 4.78 is 0. The number of hydrogen-bond donors (Lipinski definition) is 0. The molecule has 0 aromatic heterocycles. The lowest BCUT2D eigenvalue weighted by molar-refractivity contribution is 0.367. The second-order valence-electron chi connectivity index (χ2n) is 3.32. The number of likely N-dealkylation sites (tertiary alicyclic amines) is 1. The van der Waals surface area contributed by atoms with Gasteiger partial charge in [0, 0.05) is 18.0 Å². The van der Waals surface area contributed by atoms with E-state index in [1.165, 1.54) is 31.5 Å². The van der Waals surface area contributed by atoms with Crippen LogP contribution in [0.15, 0.2) is 16.8 Å². The Morgan fingerprint density at radius 2 is 2.23 bits per heavy atom. The molecular weight excluding hydrogens is 164 g/mol. The van der Waals surface area contributed by atoms with E-state index in [-0.39, 0.29) is 0 Å². The number of rotatable bonds is 4. The van der Waals surface area contributed by atoms with Crippen LogP contribution in [-0.4, -0.2) is 31.1 Å². The monoisotopic (exact) mass is 180 g/mol. The SMILES string of the molecule is C/C=C(\CN=[N+]=[N-])CN1CCCC1. The minimum atomic E-state index is 0.517. The first kappa shape index (κ1) is 10.1. The van der Waals surface area contributed by atoms with Crippen LogP contribution in [0.5, 0.6) is 0 Å². The van der Waals surface area contributed by atoms with E-state index >= 15 is 0 Å². The molecule has 1 aliphatic rings. The molecule has 0 aromatic rings. The van der Waals surface area contributed by atoms with Gasteiger partial charge in [-0.3, -0.25) is 4.90 Å². The molecule has 1 rings (SSSR count). The van der Waals surface area contributed by atoms with Crippen LogP contribution in [-0.2, 0) is 0 Å². The smallest absolute Gasteiger partial charge is 0.0482 e. The quantitative estimate of drug-likeness (QED) is 0.283. The summed E-state index contributed by atoms with van der Waals surface area (Å²) in [5.74, 6) is 0. The van der Waals surface area contributed by atoms with Gasteiger partial charge in [0.1, 0.15) is 0 Å². The summed E-state index contributed by atoms with van der Waals surface area (Å²) in [4.78, 5) is 5.17. The summed E-state index contributed by atoms with van der Waals surface area (Å²) >= 11 is 0. The lowest BCUT2D eigenvalue weighted by Gasteiger charge is -2.15. The fourth-order valence-corrected chi connectivity index (χ4v) is 1.58. The van der Waals surface area contributed by atoms with Gasteiger partial charge in [0.05, 0.1) is 0 Å². The van der Waals surface area contributed by atoms with Crippen LogP contribution >= 0.6 is 0 Å². The molecule has 1 saturated heterocycles. The topological polar surface area (TPSA) is 52.0 Å². The molecule has 0 aromatic carbocycles. The number of hydrogen-bond acceptors (Lipinski definition) is 2. The lowest BCUT2D eigenvalue weighted by Crippen LogP contribution is -2.22. The van der Waals surface area contributed by atoms with Gasteiger partial charge in [-0.15, -0.1) is 0 Å². The molecule has 4 heteroatoms. The zero-order chi connectivity index (χ0) is 9.52. The Morgan fingerprint density at radius 3 is 2.77 bits per heavy atom. The van der Waals surface area contributed by atoms with Gasteiger partial charge >= 0.3 is 0 Å². The highest BCUT2D eigenvalue weighted by molar-refractivity contribution is 5.05. The minimum absolute atomic E-state index is 0.517. The lowest BCUT2D eigenvalue weighted by atomic mass is 10.2. The van der Waals surface area contributed by atoms with Crippen LogP contribution in [0, 0.1) is 0 Å². The van der Waals surface area contributed by atoms with Crippen molar-refractivity contribution in [3.63, 3.8) is 0 Å². The first-order valence-corrected chi connectivity index (χ1v) is 4.74. The Hall–Kier alpha value is -0.990. The maximum absolute atomic E-state index is 8.19. The van der Waals surface area contributed by atoms with E-state index in [9.17, 15) is 0 Å². The third kappa shape index (κ3) is 3.49. The van der Waals surface area contributed by atoms with E-state index in [0.717, 1.165) is 6.54 Å². The van der Waals surface area contributed by atoms with Crippen LogP contribution in [0.1, 0.15) is 19.8 Å². The van der Waals surface area contributed by atoms with Crippen LogP contribution < -0.4 is 0 Å². The van der Waals surface area contributed by atoms with Gasteiger partial charge in [0.15, 0.2) is 0 Å². The summed E-state index contributed by atoms with van der Waals surface area (Å²) in [5.41, 5.74) is 9.41. The predicted octanol–water partition coefficient (Wildman–Crippen LogP) is 2.34. The van der Waals surface area contributed by atoms with E-state index in [1.807, 2.05) is 13.0 Å². The maximum Gasteiger partial charge on any atom is 0.0482 e. The third-order valence-electron chi connectivity index (χ3n) is 2.37. The predicted molar refractivity (Wildman–Crippen MR) is 53.4 cm³/mol. The van der Waals surface area contributed by atoms with Gasteiger partial charge in [-0.2, -0.15) is 0 Å². The molecule has 1 heterocycles. The average Bonchev–Trinajstić information content (AvgIpc) is 2.64. The second-order valence-corrected chi connectivity index (χ2v) is 3.32. The summed E-state index contributed by atoms with van der Waals surface area (Å²) in [6, 6.07) is 0. The van der Waals surface area contributed by atoms with Gasteiger partial charge in [-0.25, -0.2) is 0 Å². The Bertz CT molecular complexity index is 222. The van der Waals surface area contributed by atoms with E-state index in [0.29, 0.717) is 6.54 Å². The maximum atomic E-state index is 8.19. The number of allylic oxidation sites excluding steroid dienone is 1. The Labute approximate surface area is 78.9 Å². The van der Waals surface area contributed by atoms with Crippen molar-refractivity contribution >= 4 is 0 Å². The first-order valence-electron chi connectivity index (χ1n) is 4.74. The van der Waals surface area contributed by atoms with E-state index in [4.69, 9.17) is 5.53 Å². The molecule has 0 N–H and O–H groups in total. The molecule has 0 saturated carbocycles. The van der Waals surface area contributed by atoms with Crippen molar-refractivity contribution in [2.75, 3.05) is 26.2 Å². The minimum Gasteiger partial charge on any atom is -0.299 e. The van der Waals surface area contributed by atoms with Crippen LogP contribution in [0.25, 0.3) is 10.4 Å². The Morgan fingerprint density at radius 1 is 1.54 bits per heavy atom. The fraction of sp³-hybridized carbons (Fsp3) is 0.778. The molecule has 0 bridgehead atoms. The van der Waals surface area contributed by atoms with Gasteiger partial charge in [-0.1, -0.05) is 16.8 Å². The first-order chi connectivity index (χ1) is 6.36. The normalized spacial score (nSPS) is 18.7. The summed E-state index contributed by atoms with van der Waals surface area (Å²) in [6.07, 6.45) is 4.66. The molecule has 72 valence electrons. The summed E-state index contributed by atoms with van der Waals surface area (Å²) in [6.45, 7) is 5.86. The van der Waals surface area contributed by atoms with Crippen molar-refractivity contribution in [3.05, 3.63) is 22.1 Å². The number of nitrogens with zero attached hydrogens (tertiary/aromatic N) is 4. The molecule has 0 atom stereocenters. The number of azide groups is 1. The zero-order valence-corrected chi connectivity index (χ0v) is 8.11. The fourth-order valence-electron chi connectivity index (χ4n) is 1.58. The molecule has 0 aliphatic carbocycles. The molecule has 1 fully saturated rings. The van der Waals surface area contributed by atoms with E-state index in [1.54, 1.807) is 0 Å². The highest BCUT2D eigenvalue weighted by Crippen LogP contribution is 2.10. The molecule has 0 unspecified atom stereocenters. The molecular formula is C9H16N4. The van der Waals surface area contributed by atoms with Crippen molar-refractivity contribution in [2.24, 2.45) is 5.11 Å². The van der Waals surface area contributed by atoms with E-state index in [2.05, 4.69) is 14.9 Å². The molecule has 0 amide bonds. The summed E-state index contributed by atoms with van der Waals surface area (Å²) in [7, 11) is 0. The highest BCUT2D eigenvalue weighted by atomic mass is 15.2. The van der Waals surface area contributed by atoms with E-state index < -0.39 is 0 Å². The van der Waals surface area contributed by atoms with Crippen molar-refractivity contribution in [2.45, 2.75) is 19.8 Å². The van der Waals surface area contributed by atoms with Crippen molar-refractivity contribution in [1.29, 1.82) is 0 Å². The van der Waals surface area contributed by atoms with Crippen LogP contribution in [0.2, 0.25) is 0 Å². The van der Waals surface area contributed by atoms with Gasteiger partial charge in [0.25, 0.3) is 0 Å². The largest absolute Gasteiger partial charge is 0.299 e. The van der Waals surface area contributed by atoms with Crippen molar-refractivity contribution in [3.8, 4) is 0 Å². The van der Waals surface area contributed by atoms with Crippen molar-refractivity contribution in [1.82, 2.24) is 4.90 Å². The molecule has 0 spiro atoms. The van der Waals surface area contributed by atoms with Crippen LogP contribution in [0.3, 0.4) is 0 Å². The average molecular weight is 180 g/mol. The molecule has 4 nitrogen and oxygen atoms in total. The van der Waals surface area contributed by atoms with Gasteiger partial charge in [-0.05, 0) is 38.4 Å². The van der Waals surface area contributed by atoms with Gasteiger partial charge in [0.2, 0.25) is 0 Å². The zero-order valence-electron chi connectivity index (χ0n) is 8.11. The third-order valence-corrected chi connectivity index (χ3v) is 2.37. The van der Waals surface area contributed by atoms with Gasteiger partial charge < -0.3 is 0 Å². The highest BCUT2D eigenvalue weighted by Gasteiger charge is 2.11. The summed E-state index contributed by atoms with van der Waals surface area (Å²) in [5, 5.41) is 3.57. The molecule has 1 aliphatic heterocycles. The second kappa shape index (κ2) is 5.62.